The molecule has 1 saturated heterocycles. The molecule has 0 aromatic heterocycles. The van der Waals surface area contributed by atoms with Crippen LogP contribution >= 0.6 is 0 Å². The molecule has 142 valence electrons. The van der Waals surface area contributed by atoms with Gasteiger partial charge in [-0.1, -0.05) is 24.3 Å². The molecule has 2 atom stereocenters. The molecule has 2 aromatic rings. The fraction of sp³-hybridized carbons (Fsp3) is 0.263. The third-order valence-corrected chi connectivity index (χ3v) is 4.79. The summed E-state index contributed by atoms with van der Waals surface area (Å²) in [5.41, 5.74) is 6.85. The highest BCUT2D eigenvalue weighted by Gasteiger charge is 2.48. The molecule has 1 aliphatic heterocycles. The normalized spacial score (nSPS) is 22.7. The van der Waals surface area contributed by atoms with Crippen LogP contribution in [0.4, 0.5) is 14.5 Å². The van der Waals surface area contributed by atoms with Crippen LogP contribution in [0.2, 0.25) is 0 Å². The first-order chi connectivity index (χ1) is 12.7. The van der Waals surface area contributed by atoms with Crippen LogP contribution in [-0.4, -0.2) is 30.4 Å². The van der Waals surface area contributed by atoms with E-state index in [0.29, 0.717) is 11.3 Å². The highest BCUT2D eigenvalue weighted by atomic mass is 19.3. The Kier molecular flexibility index (Phi) is 4.73. The summed E-state index contributed by atoms with van der Waals surface area (Å²) in [7, 11) is 1.51. The molecule has 4 N–H and O–H groups in total. The van der Waals surface area contributed by atoms with E-state index >= 15 is 0 Å². The number of nitrogens with one attached hydrogen (secondary N) is 2. The summed E-state index contributed by atoms with van der Waals surface area (Å²) < 4.78 is 29.2. The van der Waals surface area contributed by atoms with Crippen molar-refractivity contribution in [2.45, 2.75) is 25.0 Å². The third-order valence-electron chi connectivity index (χ3n) is 4.79. The number of benzene rings is 2. The number of nitrogens with zero attached hydrogens (tertiary/aromatic N) is 1. The molecule has 8 heteroatoms. The number of ether oxygens (including phenoxy) is 1. The number of nitrogen functional groups attached to an aromatic ring is 1. The van der Waals surface area contributed by atoms with Gasteiger partial charge >= 0.3 is 6.61 Å². The zero-order valence-corrected chi connectivity index (χ0v) is 14.9. The number of halogens is 2. The maximum Gasteiger partial charge on any atom is 0.387 e. The number of anilines is 1. The van der Waals surface area contributed by atoms with E-state index in [-0.39, 0.29) is 17.6 Å². The zero-order chi connectivity index (χ0) is 19.8. The highest BCUT2D eigenvalue weighted by molar-refractivity contribution is 6.02. The van der Waals surface area contributed by atoms with Crippen molar-refractivity contribution in [3.8, 4) is 5.75 Å². The van der Waals surface area contributed by atoms with Crippen LogP contribution in [0.1, 0.15) is 24.0 Å². The van der Waals surface area contributed by atoms with Gasteiger partial charge in [-0.25, -0.2) is 0 Å². The lowest BCUT2D eigenvalue weighted by molar-refractivity contribution is -0.131. The summed E-state index contributed by atoms with van der Waals surface area (Å²) in [6, 6.07) is 13.0. The molecule has 1 heterocycles. The fourth-order valence-electron chi connectivity index (χ4n) is 3.37. The Morgan fingerprint density at radius 1 is 1.26 bits per heavy atom. The van der Waals surface area contributed by atoms with Gasteiger partial charge in [0.1, 0.15) is 5.75 Å². The van der Waals surface area contributed by atoms with Crippen LogP contribution in [-0.2, 0) is 10.3 Å². The molecule has 2 aromatic carbocycles. The predicted octanol–water partition coefficient (Wildman–Crippen LogP) is 2.87. The topological polar surface area (TPSA) is 91.4 Å². The van der Waals surface area contributed by atoms with Crippen LogP contribution in [0, 0.1) is 5.41 Å². The van der Waals surface area contributed by atoms with Crippen LogP contribution in [0.5, 0.6) is 5.75 Å². The Bertz CT molecular complexity index is 872. The lowest BCUT2D eigenvalue weighted by atomic mass is 9.73. The van der Waals surface area contributed by atoms with E-state index in [2.05, 4.69) is 10.1 Å². The van der Waals surface area contributed by atoms with Gasteiger partial charge < -0.3 is 15.8 Å². The fourth-order valence-corrected chi connectivity index (χ4v) is 3.37. The minimum Gasteiger partial charge on any atom is -0.435 e. The molecule has 0 saturated carbocycles. The first-order valence-electron chi connectivity index (χ1n) is 8.27. The SMILES string of the molecule is CN1C(=N)N[C@](C)(c2cccc(N)c2)[C@H](c2ccc(OC(F)F)cc2)C1=O. The van der Waals surface area contributed by atoms with Crippen molar-refractivity contribution in [3.63, 3.8) is 0 Å². The molecule has 27 heavy (non-hydrogen) atoms. The second kappa shape index (κ2) is 6.86. The maximum absolute atomic E-state index is 13.0. The predicted molar refractivity (Wildman–Crippen MR) is 97.7 cm³/mol. The minimum atomic E-state index is -2.92. The van der Waals surface area contributed by atoms with Crippen molar-refractivity contribution in [1.29, 1.82) is 5.41 Å². The zero-order valence-electron chi connectivity index (χ0n) is 14.9. The van der Waals surface area contributed by atoms with Crippen molar-refractivity contribution >= 4 is 17.6 Å². The number of alkyl halides is 2. The number of hydrogen-bond acceptors (Lipinski definition) is 4. The van der Waals surface area contributed by atoms with E-state index in [0.717, 1.165) is 5.56 Å². The standard InChI is InChI=1S/C19H20F2N4O2/c1-19(12-4-3-5-13(22)10-12)15(16(26)25(2)18(23)24-19)11-6-8-14(9-7-11)27-17(20)21/h3-10,15,17H,22H2,1-2H3,(H2,23,24)/t15-,19-/m1/s1. The molecule has 3 rings (SSSR count). The molecule has 0 bridgehead atoms. The summed E-state index contributed by atoms with van der Waals surface area (Å²) in [4.78, 5) is 14.3. The van der Waals surface area contributed by atoms with Gasteiger partial charge in [-0.2, -0.15) is 8.78 Å². The van der Waals surface area contributed by atoms with Crippen molar-refractivity contribution < 1.29 is 18.3 Å². The molecule has 1 amide bonds. The Hall–Kier alpha value is -3.16. The van der Waals surface area contributed by atoms with Crippen LogP contribution in [0.15, 0.2) is 48.5 Å². The number of guanidine groups is 1. The summed E-state index contributed by atoms with van der Waals surface area (Å²) >= 11 is 0. The first kappa shape index (κ1) is 18.6. The number of carbonyl (C=O) groups excluding carboxylic acids is 1. The molecular formula is C19H20F2N4O2. The molecule has 1 fully saturated rings. The third kappa shape index (κ3) is 3.42. The summed E-state index contributed by atoms with van der Waals surface area (Å²) in [5.74, 6) is -0.999. The number of rotatable bonds is 4. The van der Waals surface area contributed by atoms with E-state index in [4.69, 9.17) is 11.1 Å². The van der Waals surface area contributed by atoms with E-state index in [1.807, 2.05) is 13.0 Å². The van der Waals surface area contributed by atoms with E-state index in [1.54, 1.807) is 30.3 Å². The second-order valence-electron chi connectivity index (χ2n) is 6.58. The highest BCUT2D eigenvalue weighted by Crippen LogP contribution is 2.41. The van der Waals surface area contributed by atoms with Gasteiger partial charge in [0, 0.05) is 12.7 Å². The lowest BCUT2D eigenvalue weighted by Crippen LogP contribution is -2.62. The molecule has 0 aliphatic carbocycles. The van der Waals surface area contributed by atoms with Crippen LogP contribution in [0.3, 0.4) is 0 Å². The largest absolute Gasteiger partial charge is 0.435 e. The number of nitrogens with two attached hydrogens (primary N) is 1. The van der Waals surface area contributed by atoms with E-state index in [1.165, 1.54) is 24.1 Å². The van der Waals surface area contributed by atoms with Gasteiger partial charge in [0.25, 0.3) is 0 Å². The monoisotopic (exact) mass is 374 g/mol. The van der Waals surface area contributed by atoms with E-state index in [9.17, 15) is 13.6 Å². The molecule has 0 spiro atoms. The van der Waals surface area contributed by atoms with E-state index < -0.39 is 18.1 Å². The molecule has 0 radical (unpaired) electrons. The van der Waals surface area contributed by atoms with Crippen molar-refractivity contribution in [2.75, 3.05) is 12.8 Å². The minimum absolute atomic E-state index is 0.0109. The number of amides is 1. The second-order valence-corrected chi connectivity index (χ2v) is 6.58. The van der Waals surface area contributed by atoms with Gasteiger partial charge in [-0.3, -0.25) is 15.1 Å². The smallest absolute Gasteiger partial charge is 0.387 e. The lowest BCUT2D eigenvalue weighted by Gasteiger charge is -2.46. The Morgan fingerprint density at radius 3 is 2.52 bits per heavy atom. The molecule has 0 unspecified atom stereocenters. The number of carbonyl (C=O) groups is 1. The summed E-state index contributed by atoms with van der Waals surface area (Å²) in [5, 5.41) is 11.2. The van der Waals surface area contributed by atoms with Crippen molar-refractivity contribution in [3.05, 3.63) is 59.7 Å². The average Bonchev–Trinajstić information content (AvgIpc) is 2.61. The number of hydrogen-bond donors (Lipinski definition) is 3. The quantitative estimate of drug-likeness (QED) is 0.718. The van der Waals surface area contributed by atoms with Gasteiger partial charge in [0.15, 0.2) is 5.96 Å². The van der Waals surface area contributed by atoms with Crippen LogP contribution in [0.25, 0.3) is 0 Å². The van der Waals surface area contributed by atoms with Crippen molar-refractivity contribution in [2.24, 2.45) is 0 Å². The van der Waals surface area contributed by atoms with Gasteiger partial charge in [-0.15, -0.1) is 0 Å². The number of likely N-dealkylation sites (N-methyl/N-ethyl adjacent to an activating group) is 1. The first-order valence-corrected chi connectivity index (χ1v) is 8.27. The van der Waals surface area contributed by atoms with Gasteiger partial charge in [0.2, 0.25) is 5.91 Å². The Morgan fingerprint density at radius 2 is 1.93 bits per heavy atom. The summed E-state index contributed by atoms with van der Waals surface area (Å²) in [6.45, 7) is -1.10. The molecule has 6 nitrogen and oxygen atoms in total. The maximum atomic E-state index is 13.0. The van der Waals surface area contributed by atoms with Crippen molar-refractivity contribution in [1.82, 2.24) is 10.2 Å². The summed E-state index contributed by atoms with van der Waals surface area (Å²) in [6.07, 6.45) is 0. The molecular weight excluding hydrogens is 354 g/mol. The Balaban J connectivity index is 2.07. The molecule has 1 aliphatic rings. The van der Waals surface area contributed by atoms with Gasteiger partial charge in [0.05, 0.1) is 11.5 Å². The van der Waals surface area contributed by atoms with Crippen LogP contribution < -0.4 is 15.8 Å². The Labute approximate surface area is 155 Å². The van der Waals surface area contributed by atoms with Gasteiger partial charge in [-0.05, 0) is 42.3 Å². The average molecular weight is 374 g/mol.